The number of H-pyrrole nitrogens is 1. The van der Waals surface area contributed by atoms with E-state index < -0.39 is 0 Å². The summed E-state index contributed by atoms with van der Waals surface area (Å²) in [6, 6.07) is 0.764. The van der Waals surface area contributed by atoms with Crippen LogP contribution in [0.15, 0.2) is 6.20 Å². The first kappa shape index (κ1) is 11.0. The van der Waals surface area contributed by atoms with Crippen molar-refractivity contribution in [2.75, 3.05) is 18.1 Å². The summed E-state index contributed by atoms with van der Waals surface area (Å²) in [4.78, 5) is 0. The van der Waals surface area contributed by atoms with Gasteiger partial charge in [0, 0.05) is 17.5 Å². The van der Waals surface area contributed by atoms with Gasteiger partial charge in [-0.25, -0.2) is 0 Å². The number of nitrogens with one attached hydrogen (secondary N) is 2. The quantitative estimate of drug-likeness (QED) is 0.750. The summed E-state index contributed by atoms with van der Waals surface area (Å²) >= 11 is 2.06. The van der Waals surface area contributed by atoms with E-state index >= 15 is 0 Å². The summed E-state index contributed by atoms with van der Waals surface area (Å²) in [5.41, 5.74) is 2.57. The molecule has 4 heteroatoms. The molecule has 0 aliphatic carbocycles. The minimum absolute atomic E-state index is 0.764. The standard InChI is InChI=1S/C11H19N3S/c1-9-10(7-13-14-9)3-2-5-12-11-4-6-15-8-11/h7,11-12H,2-6,8H2,1H3,(H,13,14). The zero-order valence-corrected chi connectivity index (χ0v) is 10.1. The highest BCUT2D eigenvalue weighted by molar-refractivity contribution is 7.99. The van der Waals surface area contributed by atoms with E-state index in [9.17, 15) is 0 Å². The lowest BCUT2D eigenvalue weighted by Crippen LogP contribution is -2.29. The lowest BCUT2D eigenvalue weighted by Gasteiger charge is -2.10. The van der Waals surface area contributed by atoms with Crippen LogP contribution in [-0.4, -0.2) is 34.3 Å². The highest BCUT2D eigenvalue weighted by Gasteiger charge is 2.13. The molecule has 0 radical (unpaired) electrons. The Morgan fingerprint density at radius 2 is 2.60 bits per heavy atom. The first-order valence-electron chi connectivity index (χ1n) is 5.66. The van der Waals surface area contributed by atoms with E-state index in [-0.39, 0.29) is 0 Å². The van der Waals surface area contributed by atoms with Gasteiger partial charge in [-0.2, -0.15) is 16.9 Å². The third-order valence-electron chi connectivity index (χ3n) is 2.92. The molecule has 0 spiro atoms. The SMILES string of the molecule is Cc1[nH]ncc1CCCNC1CCSC1. The van der Waals surface area contributed by atoms with E-state index in [2.05, 4.69) is 34.2 Å². The van der Waals surface area contributed by atoms with Gasteiger partial charge in [0.05, 0.1) is 6.20 Å². The van der Waals surface area contributed by atoms with Crippen molar-refractivity contribution in [1.29, 1.82) is 0 Å². The summed E-state index contributed by atoms with van der Waals surface area (Å²) in [7, 11) is 0. The molecule has 1 fully saturated rings. The average Bonchev–Trinajstić information content (AvgIpc) is 2.85. The lowest BCUT2D eigenvalue weighted by atomic mass is 10.1. The lowest BCUT2D eigenvalue weighted by molar-refractivity contribution is 0.544. The summed E-state index contributed by atoms with van der Waals surface area (Å²) < 4.78 is 0. The fraction of sp³-hybridized carbons (Fsp3) is 0.727. The molecular weight excluding hydrogens is 206 g/mol. The number of thioether (sulfide) groups is 1. The van der Waals surface area contributed by atoms with Crippen LogP contribution in [-0.2, 0) is 6.42 Å². The molecule has 15 heavy (non-hydrogen) atoms. The average molecular weight is 225 g/mol. The Labute approximate surface area is 95.4 Å². The summed E-state index contributed by atoms with van der Waals surface area (Å²) in [5, 5.41) is 10.6. The monoisotopic (exact) mass is 225 g/mol. The van der Waals surface area contributed by atoms with Crippen molar-refractivity contribution in [2.45, 2.75) is 32.2 Å². The van der Waals surface area contributed by atoms with Gasteiger partial charge in [0.25, 0.3) is 0 Å². The van der Waals surface area contributed by atoms with Crippen LogP contribution in [0.2, 0.25) is 0 Å². The molecule has 2 rings (SSSR count). The van der Waals surface area contributed by atoms with Gasteiger partial charge in [-0.15, -0.1) is 0 Å². The molecule has 1 aliphatic rings. The molecule has 2 heterocycles. The van der Waals surface area contributed by atoms with Crippen LogP contribution in [0.25, 0.3) is 0 Å². The predicted octanol–water partition coefficient (Wildman–Crippen LogP) is 1.75. The van der Waals surface area contributed by atoms with Crippen molar-refractivity contribution in [1.82, 2.24) is 15.5 Å². The second kappa shape index (κ2) is 5.56. The molecule has 2 N–H and O–H groups in total. The molecule has 0 aromatic carbocycles. The summed E-state index contributed by atoms with van der Waals surface area (Å²) in [6.07, 6.45) is 5.63. The number of hydrogen-bond donors (Lipinski definition) is 2. The molecule has 0 saturated carbocycles. The fourth-order valence-corrected chi connectivity index (χ4v) is 3.10. The minimum Gasteiger partial charge on any atom is -0.313 e. The Morgan fingerprint density at radius 1 is 1.67 bits per heavy atom. The molecule has 1 unspecified atom stereocenters. The largest absolute Gasteiger partial charge is 0.313 e. The van der Waals surface area contributed by atoms with Gasteiger partial charge in [-0.3, -0.25) is 5.10 Å². The van der Waals surface area contributed by atoms with Crippen LogP contribution in [0.3, 0.4) is 0 Å². The van der Waals surface area contributed by atoms with Gasteiger partial charge >= 0.3 is 0 Å². The topological polar surface area (TPSA) is 40.7 Å². The van der Waals surface area contributed by atoms with Crippen LogP contribution in [0.4, 0.5) is 0 Å². The van der Waals surface area contributed by atoms with Gasteiger partial charge in [0.2, 0.25) is 0 Å². The number of aryl methyl sites for hydroxylation is 2. The van der Waals surface area contributed by atoms with Gasteiger partial charge in [0.1, 0.15) is 0 Å². The molecule has 84 valence electrons. The van der Waals surface area contributed by atoms with E-state index in [1.165, 1.54) is 35.6 Å². The molecule has 0 bridgehead atoms. The second-order valence-corrected chi connectivity index (χ2v) is 5.29. The van der Waals surface area contributed by atoms with Gasteiger partial charge in [-0.05, 0) is 44.0 Å². The van der Waals surface area contributed by atoms with Gasteiger partial charge in [-0.1, -0.05) is 0 Å². The minimum atomic E-state index is 0.764. The third-order valence-corrected chi connectivity index (χ3v) is 4.08. The van der Waals surface area contributed by atoms with Gasteiger partial charge in [0.15, 0.2) is 0 Å². The Hall–Kier alpha value is -0.480. The van der Waals surface area contributed by atoms with Crippen molar-refractivity contribution < 1.29 is 0 Å². The number of nitrogens with zero attached hydrogens (tertiary/aromatic N) is 1. The van der Waals surface area contributed by atoms with E-state index in [0.29, 0.717) is 0 Å². The normalized spacial score (nSPS) is 21.0. The molecule has 1 atom stereocenters. The second-order valence-electron chi connectivity index (χ2n) is 4.14. The maximum Gasteiger partial charge on any atom is 0.0522 e. The van der Waals surface area contributed by atoms with Crippen molar-refractivity contribution in [2.24, 2.45) is 0 Å². The Balaban J connectivity index is 1.60. The summed E-state index contributed by atoms with van der Waals surface area (Å²) in [5.74, 6) is 2.63. The molecule has 0 amide bonds. The maximum atomic E-state index is 4.03. The number of aromatic nitrogens is 2. The van der Waals surface area contributed by atoms with Crippen LogP contribution in [0.1, 0.15) is 24.1 Å². The van der Waals surface area contributed by atoms with E-state index in [0.717, 1.165) is 19.0 Å². The molecule has 1 aromatic rings. The molecule has 1 saturated heterocycles. The molecular formula is C11H19N3S. The first-order valence-corrected chi connectivity index (χ1v) is 6.81. The zero-order valence-electron chi connectivity index (χ0n) is 9.25. The van der Waals surface area contributed by atoms with Crippen LogP contribution in [0, 0.1) is 6.92 Å². The number of aromatic amines is 1. The third kappa shape index (κ3) is 3.24. The Kier molecular flexibility index (Phi) is 4.09. The first-order chi connectivity index (χ1) is 7.36. The summed E-state index contributed by atoms with van der Waals surface area (Å²) in [6.45, 7) is 3.22. The fourth-order valence-electron chi connectivity index (χ4n) is 1.91. The van der Waals surface area contributed by atoms with Crippen LogP contribution in [0.5, 0.6) is 0 Å². The van der Waals surface area contributed by atoms with Crippen LogP contribution < -0.4 is 5.32 Å². The number of hydrogen-bond acceptors (Lipinski definition) is 3. The van der Waals surface area contributed by atoms with Crippen molar-refractivity contribution >= 4 is 11.8 Å². The predicted molar refractivity (Wildman–Crippen MR) is 65.4 cm³/mol. The highest BCUT2D eigenvalue weighted by atomic mass is 32.2. The van der Waals surface area contributed by atoms with E-state index in [4.69, 9.17) is 0 Å². The smallest absolute Gasteiger partial charge is 0.0522 e. The highest BCUT2D eigenvalue weighted by Crippen LogP contribution is 2.16. The number of rotatable bonds is 5. The van der Waals surface area contributed by atoms with Crippen molar-refractivity contribution in [3.05, 3.63) is 17.5 Å². The molecule has 3 nitrogen and oxygen atoms in total. The Morgan fingerprint density at radius 3 is 3.27 bits per heavy atom. The van der Waals surface area contributed by atoms with Crippen molar-refractivity contribution in [3.63, 3.8) is 0 Å². The molecule has 1 aliphatic heterocycles. The van der Waals surface area contributed by atoms with Crippen LogP contribution >= 0.6 is 11.8 Å². The maximum absolute atomic E-state index is 4.03. The van der Waals surface area contributed by atoms with Gasteiger partial charge < -0.3 is 5.32 Å². The van der Waals surface area contributed by atoms with Crippen molar-refractivity contribution in [3.8, 4) is 0 Å². The zero-order chi connectivity index (χ0) is 10.5. The Bertz CT molecular complexity index is 292. The van der Waals surface area contributed by atoms with E-state index in [1.807, 2.05) is 6.20 Å². The molecule has 1 aromatic heterocycles. The van der Waals surface area contributed by atoms with E-state index in [1.54, 1.807) is 0 Å².